The van der Waals surface area contributed by atoms with Gasteiger partial charge >= 0.3 is 12.1 Å². The number of aliphatic carboxylic acids is 1. The molecule has 5 rings (SSSR count). The minimum Gasteiger partial charge on any atom is -0.495 e. The van der Waals surface area contributed by atoms with E-state index in [0.29, 0.717) is 31.1 Å². The molecule has 1 fully saturated rings. The van der Waals surface area contributed by atoms with Crippen LogP contribution in [-0.2, 0) is 29.1 Å². The number of likely N-dealkylation sites (N-methyl/N-ethyl adjacent to an activating group) is 1. The highest BCUT2D eigenvalue weighted by Crippen LogP contribution is 2.33. The Balaban J connectivity index is 0.000000470. The molecule has 0 saturated carbocycles. The molecule has 0 radical (unpaired) electrons. The summed E-state index contributed by atoms with van der Waals surface area (Å²) in [6.07, 6.45) is -0.616. The number of aliphatic hydroxyl groups is 1. The van der Waals surface area contributed by atoms with E-state index < -0.39 is 18.2 Å². The Morgan fingerprint density at radius 1 is 1.23 bits per heavy atom. The van der Waals surface area contributed by atoms with E-state index in [-0.39, 0.29) is 11.9 Å². The zero-order valence-electron chi connectivity index (χ0n) is 22.1. The topological polar surface area (TPSA) is 146 Å². The number of carbonyl (C=O) groups excluding carboxylic acids is 1. The Hall–Kier alpha value is -3.98. The van der Waals surface area contributed by atoms with Crippen LogP contribution in [0.3, 0.4) is 0 Å². The Kier molecular flexibility index (Phi) is 8.44. The average molecular weight is 566 g/mol. The van der Waals surface area contributed by atoms with E-state index in [2.05, 4.69) is 39.5 Å². The lowest BCUT2D eigenvalue weighted by Gasteiger charge is -2.26. The summed E-state index contributed by atoms with van der Waals surface area (Å²) in [4.78, 5) is 34.0. The predicted molar refractivity (Wildman–Crippen MR) is 137 cm³/mol. The van der Waals surface area contributed by atoms with Crippen LogP contribution in [-0.4, -0.2) is 97.2 Å². The van der Waals surface area contributed by atoms with Crippen molar-refractivity contribution in [3.05, 3.63) is 35.7 Å². The normalized spacial score (nSPS) is 19.1. The molecule has 1 saturated heterocycles. The van der Waals surface area contributed by atoms with Crippen LogP contribution in [0.25, 0.3) is 11.0 Å². The van der Waals surface area contributed by atoms with Crippen molar-refractivity contribution < 1.29 is 37.7 Å². The van der Waals surface area contributed by atoms with Gasteiger partial charge < -0.3 is 30.1 Å². The summed E-state index contributed by atoms with van der Waals surface area (Å²) in [7, 11) is 3.78. The van der Waals surface area contributed by atoms with Gasteiger partial charge in [0.15, 0.2) is 5.65 Å². The number of hydrogen-bond acceptors (Lipinski definition) is 9. The third-order valence-electron chi connectivity index (χ3n) is 6.77. The lowest BCUT2D eigenvalue weighted by molar-refractivity contribution is -0.192. The second-order valence-electron chi connectivity index (χ2n) is 9.75. The first kappa shape index (κ1) is 29.0. The summed E-state index contributed by atoms with van der Waals surface area (Å²) in [6, 6.07) is 4.08. The van der Waals surface area contributed by atoms with Gasteiger partial charge in [0.1, 0.15) is 5.75 Å². The summed E-state index contributed by atoms with van der Waals surface area (Å²) in [6.45, 7) is 4.27. The highest BCUT2D eigenvalue weighted by atomic mass is 19.4. The standard InChI is InChI=1S/C23H29N7O3.C2HF3O2/c1-14(31)29-13-19(32)8-18(29)12-30-22-17(10-25-30)9-24-23(27-22)26-20-6-16-11-28(2)5-4-15(16)7-21(20)33-3;3-2(4,5)1(6)7/h6-7,9-10,18-19,32H,4-5,8,11-13H2,1-3H3,(H,24,26,27);(H,6,7)/t18-,19+;/m0./s1. The molecule has 0 bridgehead atoms. The molecule has 2 atom stereocenters. The van der Waals surface area contributed by atoms with Gasteiger partial charge in [-0.05, 0) is 43.1 Å². The monoisotopic (exact) mass is 565 g/mol. The molecule has 2 aromatic heterocycles. The largest absolute Gasteiger partial charge is 0.495 e. The number of rotatable bonds is 5. The number of hydrogen-bond donors (Lipinski definition) is 3. The Morgan fingerprint density at radius 2 is 1.95 bits per heavy atom. The number of halogens is 3. The third kappa shape index (κ3) is 6.59. The number of benzene rings is 1. The number of alkyl halides is 3. The first-order valence-electron chi connectivity index (χ1n) is 12.4. The summed E-state index contributed by atoms with van der Waals surface area (Å²) in [5.41, 5.74) is 4.06. The van der Waals surface area contributed by atoms with Crippen molar-refractivity contribution >= 4 is 34.5 Å². The minimum atomic E-state index is -5.08. The van der Waals surface area contributed by atoms with Crippen LogP contribution in [0.4, 0.5) is 24.8 Å². The van der Waals surface area contributed by atoms with Crippen LogP contribution in [0, 0.1) is 0 Å². The van der Waals surface area contributed by atoms with Crippen molar-refractivity contribution in [2.24, 2.45) is 0 Å². The number of β-amino-alcohol motifs (C(OH)–C–C–N with tert-alkyl or cyclic N) is 1. The van der Waals surface area contributed by atoms with Gasteiger partial charge in [-0.25, -0.2) is 14.5 Å². The molecular formula is C25H30F3N7O5. The van der Waals surface area contributed by atoms with E-state index in [1.54, 1.807) is 29.1 Å². The summed E-state index contributed by atoms with van der Waals surface area (Å²) < 4.78 is 39.1. The second kappa shape index (κ2) is 11.6. The number of carboxylic acids is 1. The van der Waals surface area contributed by atoms with Gasteiger partial charge in [0.2, 0.25) is 11.9 Å². The van der Waals surface area contributed by atoms with Crippen LogP contribution in [0.1, 0.15) is 24.5 Å². The van der Waals surface area contributed by atoms with Crippen LogP contribution in [0.5, 0.6) is 5.75 Å². The zero-order chi connectivity index (χ0) is 29.2. The predicted octanol–water partition coefficient (Wildman–Crippen LogP) is 2.18. The first-order valence-corrected chi connectivity index (χ1v) is 12.4. The maximum Gasteiger partial charge on any atom is 0.490 e. The maximum atomic E-state index is 12.0. The molecule has 4 heterocycles. The van der Waals surface area contributed by atoms with E-state index >= 15 is 0 Å². The SMILES string of the molecule is COc1cc2c(cc1Nc1ncc3cnn(C[C@@H]4C[C@@H](O)CN4C(C)=O)c3n1)CN(C)CC2.O=C(O)C(F)(F)F. The zero-order valence-corrected chi connectivity index (χ0v) is 22.1. The third-order valence-corrected chi connectivity index (χ3v) is 6.77. The molecule has 12 nitrogen and oxygen atoms in total. The summed E-state index contributed by atoms with van der Waals surface area (Å²) in [5.74, 6) is -1.60. The number of fused-ring (bicyclic) bond motifs is 2. The quantitative estimate of drug-likeness (QED) is 0.421. The molecule has 216 valence electrons. The van der Waals surface area contributed by atoms with Crippen LogP contribution in [0.15, 0.2) is 24.5 Å². The van der Waals surface area contributed by atoms with Gasteiger partial charge in [0.05, 0.1) is 43.1 Å². The highest BCUT2D eigenvalue weighted by Gasteiger charge is 2.38. The van der Waals surface area contributed by atoms with Gasteiger partial charge in [-0.15, -0.1) is 0 Å². The number of carbonyl (C=O) groups is 2. The van der Waals surface area contributed by atoms with E-state index in [1.807, 2.05) is 0 Å². The van der Waals surface area contributed by atoms with E-state index in [4.69, 9.17) is 19.6 Å². The molecule has 0 spiro atoms. The van der Waals surface area contributed by atoms with E-state index in [1.165, 1.54) is 18.1 Å². The maximum absolute atomic E-state index is 12.0. The number of methoxy groups -OCH3 is 1. The number of aliphatic hydroxyl groups excluding tert-OH is 1. The number of nitrogens with one attached hydrogen (secondary N) is 1. The van der Waals surface area contributed by atoms with Crippen molar-refractivity contribution in [3.8, 4) is 5.75 Å². The molecule has 0 unspecified atom stereocenters. The Labute approximate surface area is 227 Å². The molecule has 1 amide bonds. The fraction of sp³-hybridized carbons (Fsp3) is 0.480. The molecule has 2 aliphatic rings. The smallest absolute Gasteiger partial charge is 0.490 e. The molecule has 15 heteroatoms. The van der Waals surface area contributed by atoms with Crippen molar-refractivity contribution in [2.75, 3.05) is 32.6 Å². The van der Waals surface area contributed by atoms with Gasteiger partial charge in [0, 0.05) is 32.8 Å². The summed E-state index contributed by atoms with van der Waals surface area (Å²) >= 11 is 0. The van der Waals surface area contributed by atoms with E-state index in [0.717, 1.165) is 36.3 Å². The average Bonchev–Trinajstić information content (AvgIpc) is 3.46. The molecule has 40 heavy (non-hydrogen) atoms. The lowest BCUT2D eigenvalue weighted by atomic mass is 9.99. The van der Waals surface area contributed by atoms with Crippen LogP contribution < -0.4 is 10.1 Å². The van der Waals surface area contributed by atoms with Gasteiger partial charge in [-0.2, -0.15) is 23.3 Å². The molecule has 3 aromatic rings. The number of carboxylic acid groups (broad SMARTS) is 1. The number of anilines is 2. The van der Waals surface area contributed by atoms with E-state index in [9.17, 15) is 23.1 Å². The van der Waals surface area contributed by atoms with Gasteiger partial charge in [-0.1, -0.05) is 0 Å². The molecular weight excluding hydrogens is 535 g/mol. The number of amides is 1. The number of likely N-dealkylation sites (tertiary alicyclic amines) is 1. The summed E-state index contributed by atoms with van der Waals surface area (Å²) in [5, 5.41) is 25.8. The van der Waals surface area contributed by atoms with Crippen LogP contribution in [0.2, 0.25) is 0 Å². The lowest BCUT2D eigenvalue weighted by Crippen LogP contribution is -2.37. The number of nitrogens with zero attached hydrogens (tertiary/aromatic N) is 6. The molecule has 2 aliphatic heterocycles. The van der Waals surface area contributed by atoms with Crippen molar-refractivity contribution in [2.45, 2.75) is 51.2 Å². The van der Waals surface area contributed by atoms with Crippen molar-refractivity contribution in [3.63, 3.8) is 0 Å². The number of ether oxygens (including phenoxy) is 1. The Morgan fingerprint density at radius 3 is 2.60 bits per heavy atom. The van der Waals surface area contributed by atoms with Crippen molar-refractivity contribution in [1.82, 2.24) is 29.5 Å². The van der Waals surface area contributed by atoms with Crippen LogP contribution >= 0.6 is 0 Å². The molecule has 1 aromatic carbocycles. The van der Waals surface area contributed by atoms with Crippen molar-refractivity contribution in [1.29, 1.82) is 0 Å². The molecule has 0 aliphatic carbocycles. The Bertz CT molecular complexity index is 1400. The fourth-order valence-electron chi connectivity index (χ4n) is 4.83. The second-order valence-corrected chi connectivity index (χ2v) is 9.75. The molecule has 3 N–H and O–H groups in total. The fourth-order valence-corrected chi connectivity index (χ4v) is 4.83. The van der Waals surface area contributed by atoms with Gasteiger partial charge in [-0.3, -0.25) is 4.79 Å². The first-order chi connectivity index (χ1) is 18.8. The van der Waals surface area contributed by atoms with Gasteiger partial charge in [0.25, 0.3) is 0 Å². The minimum absolute atomic E-state index is 0.0462. The number of aromatic nitrogens is 4. The highest BCUT2D eigenvalue weighted by molar-refractivity contribution is 5.76.